The van der Waals surface area contributed by atoms with Gasteiger partial charge in [-0.2, -0.15) is 0 Å². The summed E-state index contributed by atoms with van der Waals surface area (Å²) in [5.41, 5.74) is 0.0813. The van der Waals surface area contributed by atoms with Crippen molar-refractivity contribution in [2.75, 3.05) is 13.2 Å². The minimum absolute atomic E-state index is 0.0301. The summed E-state index contributed by atoms with van der Waals surface area (Å²) in [6.45, 7) is 0.657. The van der Waals surface area contributed by atoms with Gasteiger partial charge in [0.1, 0.15) is 18.1 Å². The van der Waals surface area contributed by atoms with Gasteiger partial charge in [0.2, 0.25) is 0 Å². The standard InChI is InChI=1S/C15H12ClNO5S/c16-11-5-1-2-7-13(11)23(19,20)17-15(18)10-4-3-6-12-14(10)22-9-8-21-12/h1-7H,8-9H2,(H,17,18). The van der Waals surface area contributed by atoms with Crippen LogP contribution in [-0.2, 0) is 10.0 Å². The maximum Gasteiger partial charge on any atom is 0.268 e. The highest BCUT2D eigenvalue weighted by Crippen LogP contribution is 2.33. The molecule has 1 aliphatic heterocycles. The zero-order valence-corrected chi connectivity index (χ0v) is 13.4. The normalized spacial score (nSPS) is 13.4. The molecule has 0 unspecified atom stereocenters. The van der Waals surface area contributed by atoms with E-state index >= 15 is 0 Å². The first-order valence-electron chi connectivity index (χ1n) is 6.69. The zero-order chi connectivity index (χ0) is 16.4. The molecule has 0 aliphatic carbocycles. The third kappa shape index (κ3) is 3.11. The van der Waals surface area contributed by atoms with Crippen molar-refractivity contribution in [2.24, 2.45) is 0 Å². The Balaban J connectivity index is 1.92. The molecule has 2 aromatic rings. The van der Waals surface area contributed by atoms with Crippen LogP contribution in [0.3, 0.4) is 0 Å². The molecule has 1 heterocycles. The van der Waals surface area contributed by atoms with Gasteiger partial charge in [-0.3, -0.25) is 4.79 Å². The van der Waals surface area contributed by atoms with E-state index in [4.69, 9.17) is 21.1 Å². The molecule has 23 heavy (non-hydrogen) atoms. The number of carbonyl (C=O) groups excluding carboxylic acids is 1. The Labute approximate surface area is 138 Å². The first-order valence-corrected chi connectivity index (χ1v) is 8.55. The maximum absolute atomic E-state index is 12.3. The van der Waals surface area contributed by atoms with Gasteiger partial charge in [0.15, 0.2) is 11.5 Å². The lowest BCUT2D eigenvalue weighted by atomic mass is 10.1. The largest absolute Gasteiger partial charge is 0.486 e. The topological polar surface area (TPSA) is 81.7 Å². The fourth-order valence-corrected chi connectivity index (χ4v) is 3.63. The first kappa shape index (κ1) is 15.6. The van der Waals surface area contributed by atoms with Crippen molar-refractivity contribution in [3.63, 3.8) is 0 Å². The van der Waals surface area contributed by atoms with E-state index < -0.39 is 15.9 Å². The van der Waals surface area contributed by atoms with Gasteiger partial charge >= 0.3 is 0 Å². The summed E-state index contributed by atoms with van der Waals surface area (Å²) in [5, 5.41) is 0.0301. The fourth-order valence-electron chi connectivity index (χ4n) is 2.15. The van der Waals surface area contributed by atoms with Crippen LogP contribution in [0.4, 0.5) is 0 Å². The molecular formula is C15H12ClNO5S. The number of halogens is 1. The minimum Gasteiger partial charge on any atom is -0.486 e. The Hall–Kier alpha value is -2.25. The van der Waals surface area contributed by atoms with Gasteiger partial charge in [-0.1, -0.05) is 29.8 Å². The molecule has 2 aromatic carbocycles. The Morgan fingerprint density at radius 2 is 1.78 bits per heavy atom. The third-order valence-electron chi connectivity index (χ3n) is 3.16. The van der Waals surface area contributed by atoms with Crippen molar-refractivity contribution >= 4 is 27.5 Å². The summed E-state index contributed by atoms with van der Waals surface area (Å²) < 4.78 is 37.4. The quantitative estimate of drug-likeness (QED) is 0.915. The molecule has 0 saturated carbocycles. The van der Waals surface area contributed by atoms with Crippen LogP contribution in [0.1, 0.15) is 10.4 Å². The molecule has 1 aliphatic rings. The zero-order valence-electron chi connectivity index (χ0n) is 11.8. The molecular weight excluding hydrogens is 342 g/mol. The third-order valence-corrected chi connectivity index (χ3v) is 4.99. The molecule has 0 fully saturated rings. The van der Waals surface area contributed by atoms with Crippen LogP contribution >= 0.6 is 11.6 Å². The number of hydrogen-bond acceptors (Lipinski definition) is 5. The lowest BCUT2D eigenvalue weighted by Gasteiger charge is -2.20. The summed E-state index contributed by atoms with van der Waals surface area (Å²) >= 11 is 5.88. The van der Waals surface area contributed by atoms with Gasteiger partial charge in [0, 0.05) is 0 Å². The number of ether oxygens (including phenoxy) is 2. The lowest BCUT2D eigenvalue weighted by molar-refractivity contribution is 0.0970. The van der Waals surface area contributed by atoms with Gasteiger partial charge in [-0.05, 0) is 24.3 Å². The minimum atomic E-state index is -4.09. The molecule has 6 nitrogen and oxygen atoms in total. The molecule has 0 bridgehead atoms. The smallest absolute Gasteiger partial charge is 0.268 e. The van der Waals surface area contributed by atoms with Gasteiger partial charge in [0.25, 0.3) is 15.9 Å². The predicted octanol–water partition coefficient (Wildman–Crippen LogP) is 2.23. The molecule has 3 rings (SSSR count). The summed E-state index contributed by atoms with van der Waals surface area (Å²) in [5.74, 6) is -0.183. The number of carbonyl (C=O) groups is 1. The van der Waals surface area contributed by atoms with Crippen molar-refractivity contribution in [1.82, 2.24) is 4.72 Å². The number of fused-ring (bicyclic) bond motifs is 1. The first-order chi connectivity index (χ1) is 11.0. The van der Waals surface area contributed by atoms with Crippen LogP contribution in [0.5, 0.6) is 11.5 Å². The van der Waals surface area contributed by atoms with E-state index in [2.05, 4.69) is 0 Å². The van der Waals surface area contributed by atoms with E-state index in [0.717, 1.165) is 0 Å². The Morgan fingerprint density at radius 1 is 1.04 bits per heavy atom. The van der Waals surface area contributed by atoms with Gasteiger partial charge in [-0.25, -0.2) is 13.1 Å². The molecule has 0 saturated heterocycles. The summed E-state index contributed by atoms with van der Waals surface area (Å²) in [6.07, 6.45) is 0. The molecule has 1 N–H and O–H groups in total. The van der Waals surface area contributed by atoms with E-state index in [9.17, 15) is 13.2 Å². The van der Waals surface area contributed by atoms with E-state index in [-0.39, 0.29) is 27.8 Å². The van der Waals surface area contributed by atoms with Crippen LogP contribution in [0.15, 0.2) is 47.4 Å². The number of benzene rings is 2. The Bertz CT molecular complexity index is 866. The number of hydrogen-bond donors (Lipinski definition) is 1. The number of sulfonamides is 1. The van der Waals surface area contributed by atoms with Crippen LogP contribution < -0.4 is 14.2 Å². The monoisotopic (exact) mass is 353 g/mol. The van der Waals surface area contributed by atoms with Gasteiger partial charge in [-0.15, -0.1) is 0 Å². The second-order valence-electron chi connectivity index (χ2n) is 4.69. The molecule has 0 aromatic heterocycles. The Morgan fingerprint density at radius 3 is 2.57 bits per heavy atom. The summed E-state index contributed by atoms with van der Waals surface area (Å²) in [6, 6.07) is 10.6. The molecule has 120 valence electrons. The van der Waals surface area contributed by atoms with Crippen molar-refractivity contribution in [2.45, 2.75) is 4.90 Å². The lowest BCUT2D eigenvalue weighted by Crippen LogP contribution is -2.31. The second kappa shape index (κ2) is 6.10. The number of rotatable bonds is 3. The van der Waals surface area contributed by atoms with Crippen LogP contribution in [-0.4, -0.2) is 27.5 Å². The van der Waals surface area contributed by atoms with E-state index in [1.165, 1.54) is 24.3 Å². The average molecular weight is 354 g/mol. The van der Waals surface area contributed by atoms with Crippen LogP contribution in [0.25, 0.3) is 0 Å². The summed E-state index contributed by atoms with van der Waals surface area (Å²) in [7, 11) is -4.09. The highest BCUT2D eigenvalue weighted by molar-refractivity contribution is 7.90. The molecule has 0 radical (unpaired) electrons. The molecule has 1 amide bonds. The van der Waals surface area contributed by atoms with E-state index in [1.807, 2.05) is 4.72 Å². The summed E-state index contributed by atoms with van der Waals surface area (Å²) in [4.78, 5) is 12.2. The second-order valence-corrected chi connectivity index (χ2v) is 6.75. The maximum atomic E-state index is 12.3. The van der Waals surface area contributed by atoms with Gasteiger partial charge < -0.3 is 9.47 Å². The van der Waals surface area contributed by atoms with Crippen LogP contribution in [0.2, 0.25) is 5.02 Å². The highest BCUT2D eigenvalue weighted by atomic mass is 35.5. The number of nitrogens with one attached hydrogen (secondary N) is 1. The van der Waals surface area contributed by atoms with Crippen molar-refractivity contribution < 1.29 is 22.7 Å². The van der Waals surface area contributed by atoms with Crippen LogP contribution in [0, 0.1) is 0 Å². The van der Waals surface area contributed by atoms with Crippen molar-refractivity contribution in [3.05, 3.63) is 53.1 Å². The molecule has 8 heteroatoms. The van der Waals surface area contributed by atoms with Crippen molar-refractivity contribution in [1.29, 1.82) is 0 Å². The predicted molar refractivity (Wildman–Crippen MR) is 83.5 cm³/mol. The fraction of sp³-hybridized carbons (Fsp3) is 0.133. The van der Waals surface area contributed by atoms with Gasteiger partial charge in [0.05, 0.1) is 10.6 Å². The molecule has 0 atom stereocenters. The van der Waals surface area contributed by atoms with Crippen molar-refractivity contribution in [3.8, 4) is 11.5 Å². The van der Waals surface area contributed by atoms with E-state index in [1.54, 1.807) is 18.2 Å². The number of para-hydroxylation sites is 1. The number of amides is 1. The SMILES string of the molecule is O=C(NS(=O)(=O)c1ccccc1Cl)c1cccc2c1OCCO2. The Kier molecular flexibility index (Phi) is 4.14. The molecule has 0 spiro atoms. The van der Waals surface area contributed by atoms with E-state index in [0.29, 0.717) is 12.4 Å². The highest BCUT2D eigenvalue weighted by Gasteiger charge is 2.25. The average Bonchev–Trinajstić information content (AvgIpc) is 2.54.